The smallest absolute Gasteiger partial charge is 0.292 e. The number of carbonyl (C=O) groups excluding carboxylic acids is 1. The summed E-state index contributed by atoms with van der Waals surface area (Å²) in [7, 11) is 1.98. The fraction of sp³-hybridized carbons (Fsp3) is 0.526. The van der Waals surface area contributed by atoms with Crippen molar-refractivity contribution < 1.29 is 9.32 Å². The molecule has 9 nitrogen and oxygen atoms in total. The highest BCUT2D eigenvalue weighted by molar-refractivity contribution is 5.91. The predicted molar refractivity (Wildman–Crippen MR) is 101 cm³/mol. The van der Waals surface area contributed by atoms with Gasteiger partial charge in [0.25, 0.3) is 5.91 Å². The Balaban J connectivity index is 1.47. The third-order valence-corrected chi connectivity index (χ3v) is 5.29. The monoisotopic (exact) mass is 383 g/mol. The topological polar surface area (TPSA) is 94.9 Å². The number of aromatic nitrogens is 6. The maximum Gasteiger partial charge on any atom is 0.292 e. The Bertz CT molecular complexity index is 942. The molecule has 0 unspecified atom stereocenters. The Morgan fingerprint density at radius 3 is 2.93 bits per heavy atom. The molecular formula is C19H25N7O2. The molecular weight excluding hydrogens is 358 g/mol. The number of hydrogen-bond acceptors (Lipinski definition) is 6. The van der Waals surface area contributed by atoms with Crippen LogP contribution in [0.3, 0.4) is 0 Å². The molecule has 3 aromatic heterocycles. The summed E-state index contributed by atoms with van der Waals surface area (Å²) in [5.41, 5.74) is 0.800. The minimum atomic E-state index is -0.107. The van der Waals surface area contributed by atoms with E-state index < -0.39 is 0 Å². The van der Waals surface area contributed by atoms with E-state index in [9.17, 15) is 4.79 Å². The Morgan fingerprint density at radius 2 is 2.21 bits per heavy atom. The highest BCUT2D eigenvalue weighted by Gasteiger charge is 2.30. The third-order valence-electron chi connectivity index (χ3n) is 5.29. The zero-order valence-corrected chi connectivity index (χ0v) is 16.4. The van der Waals surface area contributed by atoms with Crippen LogP contribution in [0.5, 0.6) is 0 Å². The van der Waals surface area contributed by atoms with Crippen LogP contribution in [0.4, 0.5) is 0 Å². The standard InChI is InChI=1S/C19H25N7O2/c1-13(2)15-9-16(28-23-15)19(27)26-7-4-5-14(10-26)18-22-21-17(24(18)3)11-25-8-6-20-12-25/h6,8-9,12-14H,4-5,7,10-11H2,1-3H3/t14-/m1/s1. The summed E-state index contributed by atoms with van der Waals surface area (Å²) >= 11 is 0. The first-order valence-electron chi connectivity index (χ1n) is 9.62. The Hall–Kier alpha value is -2.97. The maximum absolute atomic E-state index is 12.9. The van der Waals surface area contributed by atoms with E-state index >= 15 is 0 Å². The minimum Gasteiger partial charge on any atom is -0.351 e. The zero-order chi connectivity index (χ0) is 19.7. The number of hydrogen-bond donors (Lipinski definition) is 0. The van der Waals surface area contributed by atoms with Gasteiger partial charge in [0.1, 0.15) is 5.82 Å². The van der Waals surface area contributed by atoms with Gasteiger partial charge < -0.3 is 18.6 Å². The Kier molecular flexibility index (Phi) is 4.97. The fourth-order valence-electron chi connectivity index (χ4n) is 3.60. The van der Waals surface area contributed by atoms with Gasteiger partial charge in [-0.25, -0.2) is 4.98 Å². The predicted octanol–water partition coefficient (Wildman–Crippen LogP) is 2.19. The molecule has 1 amide bonds. The van der Waals surface area contributed by atoms with Gasteiger partial charge in [-0.1, -0.05) is 19.0 Å². The van der Waals surface area contributed by atoms with Crippen LogP contribution in [0.25, 0.3) is 0 Å². The highest BCUT2D eigenvalue weighted by Crippen LogP contribution is 2.27. The Morgan fingerprint density at radius 1 is 1.36 bits per heavy atom. The summed E-state index contributed by atoms with van der Waals surface area (Å²) in [5.74, 6) is 2.36. The summed E-state index contributed by atoms with van der Waals surface area (Å²) in [5, 5.41) is 12.8. The van der Waals surface area contributed by atoms with Crippen LogP contribution in [0.1, 0.15) is 66.4 Å². The number of rotatable bonds is 5. The van der Waals surface area contributed by atoms with E-state index in [1.54, 1.807) is 18.6 Å². The van der Waals surface area contributed by atoms with E-state index in [0.29, 0.717) is 25.4 Å². The summed E-state index contributed by atoms with van der Waals surface area (Å²) < 4.78 is 9.28. The molecule has 148 valence electrons. The van der Waals surface area contributed by atoms with Crippen molar-refractivity contribution in [3.05, 3.63) is 47.9 Å². The molecule has 4 rings (SSSR count). The van der Waals surface area contributed by atoms with Crippen molar-refractivity contribution in [2.75, 3.05) is 13.1 Å². The quantitative estimate of drug-likeness (QED) is 0.670. The number of carbonyl (C=O) groups is 1. The normalized spacial score (nSPS) is 17.4. The zero-order valence-electron chi connectivity index (χ0n) is 16.4. The molecule has 1 atom stereocenters. The van der Waals surface area contributed by atoms with Crippen molar-refractivity contribution in [3.63, 3.8) is 0 Å². The Labute approximate surface area is 163 Å². The van der Waals surface area contributed by atoms with Crippen LogP contribution in [0.2, 0.25) is 0 Å². The van der Waals surface area contributed by atoms with Gasteiger partial charge in [-0.05, 0) is 18.8 Å². The molecule has 4 heterocycles. The molecule has 9 heteroatoms. The van der Waals surface area contributed by atoms with Gasteiger partial charge in [0, 0.05) is 44.5 Å². The van der Waals surface area contributed by atoms with Crippen LogP contribution in [-0.2, 0) is 13.6 Å². The lowest BCUT2D eigenvalue weighted by Gasteiger charge is -2.31. The number of likely N-dealkylation sites (tertiary alicyclic amines) is 1. The van der Waals surface area contributed by atoms with Crippen molar-refractivity contribution in [3.8, 4) is 0 Å². The second kappa shape index (κ2) is 7.57. The van der Waals surface area contributed by atoms with Crippen molar-refractivity contribution in [2.24, 2.45) is 7.05 Å². The molecule has 0 spiro atoms. The van der Waals surface area contributed by atoms with E-state index in [2.05, 4.69) is 20.3 Å². The van der Waals surface area contributed by atoms with E-state index in [1.807, 2.05) is 41.1 Å². The first-order chi connectivity index (χ1) is 13.5. The number of piperidine rings is 1. The number of nitrogens with zero attached hydrogens (tertiary/aromatic N) is 7. The van der Waals surface area contributed by atoms with Gasteiger partial charge in [-0.3, -0.25) is 4.79 Å². The molecule has 1 saturated heterocycles. The fourth-order valence-corrected chi connectivity index (χ4v) is 3.60. The van der Waals surface area contributed by atoms with Gasteiger partial charge in [-0.2, -0.15) is 0 Å². The van der Waals surface area contributed by atoms with Gasteiger partial charge in [0.2, 0.25) is 5.76 Å². The van der Waals surface area contributed by atoms with Crippen molar-refractivity contribution in [1.29, 1.82) is 0 Å². The van der Waals surface area contributed by atoms with Crippen molar-refractivity contribution in [1.82, 2.24) is 34.4 Å². The number of amides is 1. The molecule has 1 aliphatic heterocycles. The van der Waals surface area contributed by atoms with Crippen LogP contribution >= 0.6 is 0 Å². The largest absolute Gasteiger partial charge is 0.351 e. The summed E-state index contributed by atoms with van der Waals surface area (Å²) in [6.45, 7) is 5.99. The van der Waals surface area contributed by atoms with Gasteiger partial charge >= 0.3 is 0 Å². The van der Waals surface area contributed by atoms with Crippen molar-refractivity contribution in [2.45, 2.75) is 45.1 Å². The molecule has 1 fully saturated rings. The summed E-state index contributed by atoms with van der Waals surface area (Å²) in [6.07, 6.45) is 7.31. The third kappa shape index (κ3) is 3.56. The lowest BCUT2D eigenvalue weighted by atomic mass is 9.97. The summed E-state index contributed by atoms with van der Waals surface area (Å²) in [6, 6.07) is 1.75. The van der Waals surface area contributed by atoms with E-state index in [1.165, 1.54) is 0 Å². The van der Waals surface area contributed by atoms with E-state index in [-0.39, 0.29) is 17.7 Å². The first-order valence-corrected chi connectivity index (χ1v) is 9.62. The van der Waals surface area contributed by atoms with Crippen LogP contribution in [0, 0.1) is 0 Å². The molecule has 0 aliphatic carbocycles. The molecule has 0 N–H and O–H groups in total. The van der Waals surface area contributed by atoms with Gasteiger partial charge in [0.15, 0.2) is 5.82 Å². The first kappa shape index (κ1) is 18.4. The molecule has 0 radical (unpaired) electrons. The maximum atomic E-state index is 12.9. The second-order valence-electron chi connectivity index (χ2n) is 7.63. The molecule has 0 bridgehead atoms. The highest BCUT2D eigenvalue weighted by atomic mass is 16.5. The van der Waals surface area contributed by atoms with Crippen LogP contribution in [-0.4, -0.2) is 53.4 Å². The van der Waals surface area contributed by atoms with Crippen LogP contribution < -0.4 is 0 Å². The SMILES string of the molecule is CC(C)c1cc(C(=O)N2CCC[C@@H](c3nnc(Cn4ccnc4)n3C)C2)on1. The molecule has 3 aromatic rings. The molecule has 0 saturated carbocycles. The molecule has 0 aromatic carbocycles. The number of imidazole rings is 1. The average Bonchev–Trinajstić information content (AvgIpc) is 3.44. The average molecular weight is 383 g/mol. The van der Waals surface area contributed by atoms with E-state index in [4.69, 9.17) is 4.52 Å². The van der Waals surface area contributed by atoms with E-state index in [0.717, 1.165) is 30.2 Å². The minimum absolute atomic E-state index is 0.107. The van der Waals surface area contributed by atoms with Gasteiger partial charge in [0.05, 0.1) is 18.6 Å². The van der Waals surface area contributed by atoms with Crippen LogP contribution in [0.15, 0.2) is 29.3 Å². The molecule has 1 aliphatic rings. The van der Waals surface area contributed by atoms with Gasteiger partial charge in [-0.15, -0.1) is 10.2 Å². The second-order valence-corrected chi connectivity index (χ2v) is 7.63. The summed E-state index contributed by atoms with van der Waals surface area (Å²) in [4.78, 5) is 18.8. The van der Waals surface area contributed by atoms with Crippen molar-refractivity contribution >= 4 is 5.91 Å². The molecule has 28 heavy (non-hydrogen) atoms. The lowest BCUT2D eigenvalue weighted by molar-refractivity contribution is 0.0661. The lowest BCUT2D eigenvalue weighted by Crippen LogP contribution is -2.39.